The molecule has 188 valence electrons. The van der Waals surface area contributed by atoms with Gasteiger partial charge in [0.05, 0.1) is 14.2 Å². The average molecular weight is 543 g/mol. The summed E-state index contributed by atoms with van der Waals surface area (Å²) < 4.78 is 17.2. The number of fused-ring (bicyclic) bond motifs is 5. The standard InChI is InChI=1S/C21H22N2O9S3/c1-22-17(26)20-8-19(28)12(25)7-5-10(24)15(19)32-23(20)18(27)21(22)16(33-35-34-20)9-4-6-11(29-2)14(30-3)13(9)31-21/h4-7,10,12,15-16,24-25,28H,8H2,1-3H3. The topological polar surface area (TPSA) is 138 Å². The Bertz CT molecular complexity index is 1170. The summed E-state index contributed by atoms with van der Waals surface area (Å²) in [6.07, 6.45) is -1.89. The van der Waals surface area contributed by atoms with Crippen LogP contribution in [0, 0.1) is 0 Å². The van der Waals surface area contributed by atoms with Crippen molar-refractivity contribution >= 4 is 43.2 Å². The largest absolute Gasteiger partial charge is 0.493 e. The zero-order valence-electron chi connectivity index (χ0n) is 18.7. The van der Waals surface area contributed by atoms with Gasteiger partial charge in [-0.2, -0.15) is 5.06 Å². The molecule has 2 bridgehead atoms. The normalized spacial score (nSPS) is 41.3. The van der Waals surface area contributed by atoms with Crippen LogP contribution in [0.4, 0.5) is 0 Å². The number of carbonyl (C=O) groups is 2. The summed E-state index contributed by atoms with van der Waals surface area (Å²) in [5.74, 6) is -0.232. The highest BCUT2D eigenvalue weighted by Gasteiger charge is 2.76. The van der Waals surface area contributed by atoms with Crippen molar-refractivity contribution in [3.63, 3.8) is 0 Å². The summed E-state index contributed by atoms with van der Waals surface area (Å²) in [5, 5.41) is 32.8. The maximum absolute atomic E-state index is 14.3. The molecule has 7 atom stereocenters. The Labute approximate surface area is 211 Å². The lowest BCUT2D eigenvalue weighted by atomic mass is 9.75. The highest BCUT2D eigenvalue weighted by Crippen LogP contribution is 2.68. The van der Waals surface area contributed by atoms with Gasteiger partial charge >= 0.3 is 5.91 Å². The van der Waals surface area contributed by atoms with Crippen molar-refractivity contribution in [2.45, 2.75) is 46.2 Å². The van der Waals surface area contributed by atoms with E-state index in [0.717, 1.165) is 15.9 Å². The molecule has 14 heteroatoms. The molecule has 7 rings (SSSR count). The second-order valence-corrected chi connectivity index (χ2v) is 13.3. The molecule has 5 aliphatic heterocycles. The molecule has 0 saturated carbocycles. The Balaban J connectivity index is 1.52. The quantitative estimate of drug-likeness (QED) is 0.356. The molecular weight excluding hydrogens is 520 g/mol. The second-order valence-electron chi connectivity index (χ2n) is 8.91. The van der Waals surface area contributed by atoms with Gasteiger partial charge in [0.1, 0.15) is 29.2 Å². The van der Waals surface area contributed by atoms with Crippen LogP contribution in [-0.4, -0.2) is 92.9 Å². The molecule has 2 amide bonds. The van der Waals surface area contributed by atoms with Gasteiger partial charge in [0.15, 0.2) is 11.5 Å². The van der Waals surface area contributed by atoms with E-state index in [1.165, 1.54) is 58.9 Å². The van der Waals surface area contributed by atoms with Crippen molar-refractivity contribution in [2.24, 2.45) is 0 Å². The molecule has 2 spiro atoms. The van der Waals surface area contributed by atoms with Crippen LogP contribution in [0.5, 0.6) is 17.2 Å². The van der Waals surface area contributed by atoms with Gasteiger partial charge < -0.3 is 29.5 Å². The predicted octanol–water partition coefficient (Wildman–Crippen LogP) is 0.600. The van der Waals surface area contributed by atoms with Crippen LogP contribution in [0.1, 0.15) is 17.2 Å². The van der Waals surface area contributed by atoms with Crippen molar-refractivity contribution in [2.75, 3.05) is 21.3 Å². The second kappa shape index (κ2) is 7.60. The number of hydrogen-bond acceptors (Lipinski definition) is 12. The summed E-state index contributed by atoms with van der Waals surface area (Å²) in [4.78, 5) is 33.8. The number of likely N-dealkylation sites (N-methyl/N-ethyl adjacent to an activating group) is 1. The number of benzene rings is 1. The zero-order valence-corrected chi connectivity index (χ0v) is 21.2. The van der Waals surface area contributed by atoms with Gasteiger partial charge in [-0.05, 0) is 32.8 Å². The minimum atomic E-state index is -2.00. The molecule has 1 aromatic carbocycles. The molecule has 6 aliphatic rings. The van der Waals surface area contributed by atoms with E-state index < -0.39 is 51.6 Å². The van der Waals surface area contributed by atoms with Crippen LogP contribution in [-0.2, 0) is 14.4 Å². The van der Waals surface area contributed by atoms with E-state index in [-0.39, 0.29) is 12.2 Å². The molecular formula is C21H22N2O9S3. The van der Waals surface area contributed by atoms with E-state index in [2.05, 4.69) is 0 Å². The summed E-state index contributed by atoms with van der Waals surface area (Å²) in [5.41, 5.74) is -3.17. The molecule has 11 nitrogen and oxygen atoms in total. The monoisotopic (exact) mass is 542 g/mol. The van der Waals surface area contributed by atoms with E-state index in [1.54, 1.807) is 12.1 Å². The average Bonchev–Trinajstić information content (AvgIpc) is 3.17. The Kier molecular flexibility index (Phi) is 5.12. The van der Waals surface area contributed by atoms with E-state index >= 15 is 0 Å². The van der Waals surface area contributed by atoms with Crippen molar-refractivity contribution in [3.8, 4) is 17.2 Å². The van der Waals surface area contributed by atoms with Gasteiger partial charge in [-0.15, -0.1) is 0 Å². The summed E-state index contributed by atoms with van der Waals surface area (Å²) in [7, 11) is 8.07. The van der Waals surface area contributed by atoms with Crippen LogP contribution >= 0.6 is 31.4 Å². The van der Waals surface area contributed by atoms with Gasteiger partial charge in [0.25, 0.3) is 11.6 Å². The third-order valence-corrected chi connectivity index (χ3v) is 12.1. The lowest BCUT2D eigenvalue weighted by Crippen LogP contribution is -2.82. The highest BCUT2D eigenvalue weighted by molar-refractivity contribution is 9.09. The van der Waals surface area contributed by atoms with Crippen LogP contribution in [0.2, 0.25) is 0 Å². The molecule has 35 heavy (non-hydrogen) atoms. The van der Waals surface area contributed by atoms with Crippen molar-refractivity contribution in [1.29, 1.82) is 0 Å². The molecule has 7 unspecified atom stereocenters. The summed E-state index contributed by atoms with van der Waals surface area (Å²) >= 11 is 0. The third kappa shape index (κ3) is 2.70. The van der Waals surface area contributed by atoms with Crippen molar-refractivity contribution in [1.82, 2.24) is 9.96 Å². The molecule has 4 fully saturated rings. The number of rotatable bonds is 2. The van der Waals surface area contributed by atoms with Gasteiger partial charge in [0, 0.05) is 19.0 Å². The fraction of sp³-hybridized carbons (Fsp3) is 0.524. The first-order chi connectivity index (χ1) is 16.7. The lowest BCUT2D eigenvalue weighted by Gasteiger charge is -2.61. The fourth-order valence-corrected chi connectivity index (χ4v) is 11.1. The van der Waals surface area contributed by atoms with Crippen LogP contribution in [0.3, 0.4) is 0 Å². The minimum absolute atomic E-state index is 0.280. The minimum Gasteiger partial charge on any atom is -0.493 e. The molecule has 3 N–H and O–H groups in total. The Morgan fingerprint density at radius 1 is 1.14 bits per heavy atom. The summed E-state index contributed by atoms with van der Waals surface area (Å²) in [6, 6.07) is 3.48. The smallest absolute Gasteiger partial charge is 0.315 e. The third-order valence-electron chi connectivity index (χ3n) is 7.24. The highest BCUT2D eigenvalue weighted by atomic mass is 33.5. The Hall–Kier alpha value is -1.81. The molecule has 5 heterocycles. The maximum Gasteiger partial charge on any atom is 0.315 e. The first-order valence-electron chi connectivity index (χ1n) is 10.7. The number of aliphatic hydroxyl groups excluding tert-OH is 2. The number of aliphatic hydroxyl groups is 3. The Morgan fingerprint density at radius 2 is 1.91 bits per heavy atom. The van der Waals surface area contributed by atoms with Crippen molar-refractivity contribution < 1.29 is 44.0 Å². The predicted molar refractivity (Wildman–Crippen MR) is 126 cm³/mol. The number of ether oxygens (including phenoxy) is 3. The SMILES string of the molecule is COc1ccc2c(c1OC)OC13C(=O)N4OC5C(O)C=CC(O)C5(O)CC4(SSSC21)C(=O)N3C. The van der Waals surface area contributed by atoms with Gasteiger partial charge in [-0.3, -0.25) is 19.3 Å². The fourth-order valence-electron chi connectivity index (χ4n) is 5.42. The first-order valence-corrected chi connectivity index (χ1v) is 14.2. The van der Waals surface area contributed by atoms with Gasteiger partial charge in [-0.25, -0.2) is 0 Å². The molecule has 4 saturated heterocycles. The number of piperazine rings is 1. The lowest BCUT2D eigenvalue weighted by molar-refractivity contribution is -0.338. The van der Waals surface area contributed by atoms with E-state index in [4.69, 9.17) is 19.0 Å². The number of hydroxylamine groups is 2. The van der Waals surface area contributed by atoms with E-state index in [9.17, 15) is 24.9 Å². The van der Waals surface area contributed by atoms with Crippen LogP contribution in [0.15, 0.2) is 24.3 Å². The first kappa shape index (κ1) is 23.6. The molecule has 0 aromatic heterocycles. The van der Waals surface area contributed by atoms with Crippen LogP contribution in [0.25, 0.3) is 0 Å². The molecule has 1 aliphatic carbocycles. The Morgan fingerprint density at radius 3 is 2.63 bits per heavy atom. The van der Waals surface area contributed by atoms with Gasteiger partial charge in [0.2, 0.25) is 10.6 Å². The zero-order chi connectivity index (χ0) is 24.9. The molecule has 1 aromatic rings. The van der Waals surface area contributed by atoms with E-state index in [0.29, 0.717) is 17.1 Å². The summed E-state index contributed by atoms with van der Waals surface area (Å²) in [6.45, 7) is 0. The van der Waals surface area contributed by atoms with Crippen LogP contribution < -0.4 is 14.2 Å². The molecule has 0 radical (unpaired) electrons. The number of carbonyl (C=O) groups excluding carboxylic acids is 2. The maximum atomic E-state index is 14.3. The number of amides is 2. The number of methoxy groups -OCH3 is 2. The van der Waals surface area contributed by atoms with Crippen molar-refractivity contribution in [3.05, 3.63) is 29.8 Å². The van der Waals surface area contributed by atoms with E-state index in [1.807, 2.05) is 0 Å². The van der Waals surface area contributed by atoms with Gasteiger partial charge in [-0.1, -0.05) is 22.9 Å². The number of hydrogen-bond donors (Lipinski definition) is 3. The number of nitrogens with zero attached hydrogens (tertiary/aromatic N) is 2.